The molecule has 0 saturated heterocycles. The lowest BCUT2D eigenvalue weighted by molar-refractivity contribution is -0.135. The number of aromatic nitrogens is 2. The summed E-state index contributed by atoms with van der Waals surface area (Å²) < 4.78 is 57.8. The van der Waals surface area contributed by atoms with Gasteiger partial charge in [0.1, 0.15) is 6.10 Å². The van der Waals surface area contributed by atoms with E-state index in [4.69, 9.17) is 4.74 Å². The van der Waals surface area contributed by atoms with Crippen LogP contribution < -0.4 is 9.04 Å². The third-order valence-corrected chi connectivity index (χ3v) is 6.06. The molecule has 0 spiro atoms. The molecular formula is C16H15F2N3O3S. The smallest absolute Gasteiger partial charge is 0.267 e. The summed E-state index contributed by atoms with van der Waals surface area (Å²) in [6.07, 6.45) is -1.35. The molecule has 2 aliphatic rings. The normalized spacial score (nSPS) is 20.8. The average Bonchev–Trinajstić information content (AvgIpc) is 2.77. The molecule has 6 nitrogen and oxygen atoms in total. The standard InChI is InChI=1S/C16H15F2N3O3S/c1-10-6-14(24-12-7-16(17,18)8-12)20-15(19-10)21-9-11-4-2-3-5-13(11)25(21,22)23/h2-6,12H,7-9H2,1H3. The van der Waals surface area contributed by atoms with Crippen LogP contribution in [0.5, 0.6) is 5.88 Å². The first kappa shape index (κ1) is 16.2. The fraction of sp³-hybridized carbons (Fsp3) is 0.375. The summed E-state index contributed by atoms with van der Waals surface area (Å²) in [6.45, 7) is 1.80. The molecule has 25 heavy (non-hydrogen) atoms. The molecule has 1 aliphatic heterocycles. The van der Waals surface area contributed by atoms with Crippen LogP contribution in [-0.4, -0.2) is 30.4 Å². The second-order valence-corrected chi connectivity index (χ2v) is 8.10. The highest BCUT2D eigenvalue weighted by Crippen LogP contribution is 2.40. The molecular weight excluding hydrogens is 352 g/mol. The Labute approximate surface area is 143 Å². The number of anilines is 1. The van der Waals surface area contributed by atoms with Crippen LogP contribution in [0.15, 0.2) is 35.2 Å². The second-order valence-electron chi connectivity index (χ2n) is 6.27. The van der Waals surface area contributed by atoms with Crippen molar-refractivity contribution in [2.75, 3.05) is 4.31 Å². The van der Waals surface area contributed by atoms with Gasteiger partial charge in [0.2, 0.25) is 11.8 Å². The number of benzene rings is 1. The maximum absolute atomic E-state index is 12.9. The van der Waals surface area contributed by atoms with Crippen molar-refractivity contribution in [3.8, 4) is 5.88 Å². The van der Waals surface area contributed by atoms with E-state index >= 15 is 0 Å². The molecule has 0 atom stereocenters. The number of halogens is 2. The summed E-state index contributed by atoms with van der Waals surface area (Å²) >= 11 is 0. The molecule has 0 N–H and O–H groups in total. The third kappa shape index (κ3) is 2.82. The Kier molecular flexibility index (Phi) is 3.47. The summed E-state index contributed by atoms with van der Waals surface area (Å²) in [7, 11) is -3.74. The fourth-order valence-electron chi connectivity index (χ4n) is 2.98. The van der Waals surface area contributed by atoms with E-state index in [0.29, 0.717) is 11.3 Å². The maximum Gasteiger partial charge on any atom is 0.267 e. The molecule has 9 heteroatoms. The van der Waals surface area contributed by atoms with E-state index in [1.54, 1.807) is 25.1 Å². The van der Waals surface area contributed by atoms with Crippen molar-refractivity contribution in [1.82, 2.24) is 9.97 Å². The summed E-state index contributed by atoms with van der Waals surface area (Å²) in [5, 5.41) is 0. The Morgan fingerprint density at radius 3 is 2.64 bits per heavy atom. The Morgan fingerprint density at radius 2 is 1.96 bits per heavy atom. The molecule has 0 radical (unpaired) electrons. The number of rotatable bonds is 3. The molecule has 1 aromatic heterocycles. The average molecular weight is 367 g/mol. The quantitative estimate of drug-likeness (QED) is 0.834. The van der Waals surface area contributed by atoms with Gasteiger partial charge in [0.15, 0.2) is 0 Å². The Balaban J connectivity index is 1.64. The Bertz CT molecular complexity index is 941. The highest BCUT2D eigenvalue weighted by atomic mass is 32.2. The molecule has 1 aromatic carbocycles. The summed E-state index contributed by atoms with van der Waals surface area (Å²) in [6, 6.07) is 8.20. The van der Waals surface area contributed by atoms with E-state index < -0.39 is 22.0 Å². The Hall–Kier alpha value is -2.29. The van der Waals surface area contributed by atoms with Gasteiger partial charge in [-0.15, -0.1) is 0 Å². The van der Waals surface area contributed by atoms with Crippen LogP contribution in [0, 0.1) is 6.92 Å². The molecule has 1 aliphatic carbocycles. The van der Waals surface area contributed by atoms with Crippen molar-refractivity contribution in [3.05, 3.63) is 41.6 Å². The molecule has 1 saturated carbocycles. The molecule has 0 amide bonds. The van der Waals surface area contributed by atoms with E-state index in [1.807, 2.05) is 0 Å². The van der Waals surface area contributed by atoms with Crippen molar-refractivity contribution in [3.63, 3.8) is 0 Å². The number of fused-ring (bicyclic) bond motifs is 1. The number of hydrogen-bond donors (Lipinski definition) is 0. The van der Waals surface area contributed by atoms with Gasteiger partial charge in [0.05, 0.1) is 11.4 Å². The van der Waals surface area contributed by atoms with E-state index in [2.05, 4.69) is 9.97 Å². The lowest BCUT2D eigenvalue weighted by Gasteiger charge is -2.34. The summed E-state index contributed by atoms with van der Waals surface area (Å²) in [4.78, 5) is 8.54. The monoisotopic (exact) mass is 367 g/mol. The van der Waals surface area contributed by atoms with Crippen LogP contribution in [0.4, 0.5) is 14.7 Å². The third-order valence-electron chi connectivity index (χ3n) is 4.24. The largest absolute Gasteiger partial charge is 0.474 e. The molecule has 1 fully saturated rings. The van der Waals surface area contributed by atoms with Gasteiger partial charge in [-0.3, -0.25) is 0 Å². The van der Waals surface area contributed by atoms with Crippen LogP contribution in [-0.2, 0) is 16.6 Å². The molecule has 2 aromatic rings. The minimum atomic E-state index is -3.74. The zero-order chi connectivity index (χ0) is 17.8. The lowest BCUT2D eigenvalue weighted by Crippen LogP contribution is -2.43. The van der Waals surface area contributed by atoms with Crippen LogP contribution in [0.25, 0.3) is 0 Å². The maximum atomic E-state index is 12.9. The molecule has 4 rings (SSSR count). The van der Waals surface area contributed by atoms with Crippen molar-refractivity contribution < 1.29 is 21.9 Å². The van der Waals surface area contributed by atoms with Crippen molar-refractivity contribution >= 4 is 16.0 Å². The van der Waals surface area contributed by atoms with Crippen LogP contribution in [0.3, 0.4) is 0 Å². The first-order chi connectivity index (χ1) is 11.7. The number of sulfonamides is 1. The number of nitrogens with zero attached hydrogens (tertiary/aromatic N) is 3. The van der Waals surface area contributed by atoms with Gasteiger partial charge >= 0.3 is 0 Å². The number of alkyl halides is 2. The minimum Gasteiger partial charge on any atom is -0.474 e. The van der Waals surface area contributed by atoms with Crippen LogP contribution in [0.1, 0.15) is 24.1 Å². The summed E-state index contributed by atoms with van der Waals surface area (Å²) in [5.74, 6) is -2.61. The highest BCUT2D eigenvalue weighted by Gasteiger charge is 2.47. The van der Waals surface area contributed by atoms with Crippen molar-refractivity contribution in [1.29, 1.82) is 0 Å². The predicted octanol–water partition coefficient (Wildman–Crippen LogP) is 2.67. The first-order valence-corrected chi connectivity index (χ1v) is 9.19. The van der Waals surface area contributed by atoms with Gasteiger partial charge in [-0.05, 0) is 18.6 Å². The fourth-order valence-corrected chi connectivity index (χ4v) is 4.54. The van der Waals surface area contributed by atoms with E-state index in [-0.39, 0.29) is 36.1 Å². The van der Waals surface area contributed by atoms with Crippen molar-refractivity contribution in [2.24, 2.45) is 0 Å². The lowest BCUT2D eigenvalue weighted by atomic mass is 9.91. The first-order valence-electron chi connectivity index (χ1n) is 7.75. The van der Waals surface area contributed by atoms with Crippen LogP contribution in [0.2, 0.25) is 0 Å². The number of ether oxygens (including phenoxy) is 1. The number of hydrogen-bond acceptors (Lipinski definition) is 5. The predicted molar refractivity (Wildman–Crippen MR) is 85.2 cm³/mol. The SMILES string of the molecule is Cc1cc(OC2CC(F)(F)C2)nc(N2Cc3ccccc3S2(=O)=O)n1. The van der Waals surface area contributed by atoms with E-state index in [1.165, 1.54) is 12.1 Å². The van der Waals surface area contributed by atoms with Gasteiger partial charge in [0, 0.05) is 24.6 Å². The van der Waals surface area contributed by atoms with Crippen molar-refractivity contribution in [2.45, 2.75) is 43.2 Å². The summed E-state index contributed by atoms with van der Waals surface area (Å²) in [5.41, 5.74) is 1.16. The molecule has 0 unspecified atom stereocenters. The van der Waals surface area contributed by atoms with Gasteiger partial charge < -0.3 is 4.74 Å². The topological polar surface area (TPSA) is 72.4 Å². The van der Waals surface area contributed by atoms with Gasteiger partial charge in [-0.1, -0.05) is 18.2 Å². The Morgan fingerprint density at radius 1 is 1.24 bits per heavy atom. The van der Waals surface area contributed by atoms with E-state index in [0.717, 1.165) is 4.31 Å². The second kappa shape index (κ2) is 5.35. The van der Waals surface area contributed by atoms with Gasteiger partial charge in [0.25, 0.3) is 15.9 Å². The zero-order valence-corrected chi connectivity index (χ0v) is 14.1. The van der Waals surface area contributed by atoms with Gasteiger partial charge in [-0.25, -0.2) is 26.5 Å². The van der Waals surface area contributed by atoms with Gasteiger partial charge in [-0.2, -0.15) is 4.98 Å². The number of aryl methyl sites for hydroxylation is 1. The highest BCUT2D eigenvalue weighted by molar-refractivity contribution is 7.93. The zero-order valence-electron chi connectivity index (χ0n) is 13.3. The molecule has 0 bridgehead atoms. The van der Waals surface area contributed by atoms with E-state index in [9.17, 15) is 17.2 Å². The molecule has 2 heterocycles. The van der Waals surface area contributed by atoms with Crippen LogP contribution >= 0.6 is 0 Å². The minimum absolute atomic E-state index is 0.0164. The molecule has 132 valence electrons.